The van der Waals surface area contributed by atoms with Crippen molar-refractivity contribution in [2.75, 3.05) is 5.73 Å². The first-order valence-electron chi connectivity index (χ1n) is 7.34. The third-order valence-corrected chi connectivity index (χ3v) is 4.16. The van der Waals surface area contributed by atoms with Gasteiger partial charge in [0.05, 0.1) is 5.69 Å². The van der Waals surface area contributed by atoms with Gasteiger partial charge in [-0.2, -0.15) is 5.26 Å². The van der Waals surface area contributed by atoms with Gasteiger partial charge in [0.2, 0.25) is 0 Å². The van der Waals surface area contributed by atoms with Crippen molar-refractivity contribution in [2.45, 2.75) is 6.92 Å². The van der Waals surface area contributed by atoms with Crippen molar-refractivity contribution in [3.63, 3.8) is 0 Å². The Kier molecular flexibility index (Phi) is 4.39. The lowest BCUT2D eigenvalue weighted by molar-refractivity contribution is 0.509. The zero-order valence-corrected chi connectivity index (χ0v) is 13.9. The number of aromatic nitrogens is 1. The summed E-state index contributed by atoms with van der Waals surface area (Å²) < 4.78 is 27.0. The molecule has 0 atom stereocenters. The van der Waals surface area contributed by atoms with Gasteiger partial charge in [-0.25, -0.2) is 13.8 Å². The van der Waals surface area contributed by atoms with Crippen LogP contribution in [0.2, 0.25) is 5.02 Å². The summed E-state index contributed by atoms with van der Waals surface area (Å²) in [5.41, 5.74) is 8.80. The molecule has 25 heavy (non-hydrogen) atoms. The molecule has 124 valence electrons. The molecule has 0 radical (unpaired) electrons. The van der Waals surface area contributed by atoms with Crippen molar-refractivity contribution in [1.29, 1.82) is 5.26 Å². The van der Waals surface area contributed by atoms with E-state index in [4.69, 9.17) is 17.3 Å². The van der Waals surface area contributed by atoms with Gasteiger partial charge in [-0.15, -0.1) is 0 Å². The van der Waals surface area contributed by atoms with Crippen LogP contribution in [0.25, 0.3) is 22.4 Å². The van der Waals surface area contributed by atoms with Crippen molar-refractivity contribution >= 4 is 17.4 Å². The molecule has 3 rings (SSSR count). The number of nitrogens with two attached hydrogens (primary N) is 1. The lowest BCUT2D eigenvalue weighted by atomic mass is 9.93. The minimum Gasteiger partial charge on any atom is -0.383 e. The number of anilines is 1. The van der Waals surface area contributed by atoms with E-state index >= 15 is 0 Å². The van der Waals surface area contributed by atoms with Crippen LogP contribution in [0.5, 0.6) is 0 Å². The highest BCUT2D eigenvalue weighted by Gasteiger charge is 2.19. The third-order valence-electron chi connectivity index (χ3n) is 3.91. The van der Waals surface area contributed by atoms with Crippen LogP contribution in [-0.2, 0) is 0 Å². The summed E-state index contributed by atoms with van der Waals surface area (Å²) in [4.78, 5) is 4.31. The standard InChI is InChI=1S/C19H12ClF2N3/c1-10-17(12-4-7-15(21)16(22)8-12)14(9-23)19(24)25-18(10)11-2-5-13(20)6-3-11/h2-8H,1H3,(H2,24,25). The number of nitrogen functional groups attached to an aromatic ring is 1. The molecule has 6 heteroatoms. The van der Waals surface area contributed by atoms with E-state index in [1.165, 1.54) is 6.07 Å². The monoisotopic (exact) mass is 355 g/mol. The van der Waals surface area contributed by atoms with Gasteiger partial charge in [-0.05, 0) is 42.3 Å². The van der Waals surface area contributed by atoms with E-state index in [1.807, 2.05) is 6.07 Å². The maximum absolute atomic E-state index is 13.7. The molecule has 0 unspecified atom stereocenters. The molecule has 0 saturated carbocycles. The first-order valence-corrected chi connectivity index (χ1v) is 7.71. The summed E-state index contributed by atoms with van der Waals surface area (Å²) in [5, 5.41) is 10.0. The van der Waals surface area contributed by atoms with Gasteiger partial charge >= 0.3 is 0 Å². The molecule has 0 spiro atoms. The molecule has 2 aromatic carbocycles. The zero-order valence-electron chi connectivity index (χ0n) is 13.1. The molecule has 0 aliphatic rings. The number of nitriles is 1. The summed E-state index contributed by atoms with van der Waals surface area (Å²) in [5.74, 6) is -1.93. The van der Waals surface area contributed by atoms with E-state index < -0.39 is 11.6 Å². The van der Waals surface area contributed by atoms with Crippen LogP contribution in [-0.4, -0.2) is 4.98 Å². The number of rotatable bonds is 2. The van der Waals surface area contributed by atoms with E-state index in [-0.39, 0.29) is 11.4 Å². The minimum atomic E-state index is -0.996. The zero-order chi connectivity index (χ0) is 18.1. The first kappa shape index (κ1) is 16.9. The van der Waals surface area contributed by atoms with Crippen LogP contribution in [0.15, 0.2) is 42.5 Å². The van der Waals surface area contributed by atoms with Gasteiger partial charge in [0.15, 0.2) is 11.6 Å². The quantitative estimate of drug-likeness (QED) is 0.694. The van der Waals surface area contributed by atoms with Crippen LogP contribution in [0, 0.1) is 29.9 Å². The van der Waals surface area contributed by atoms with E-state index in [1.54, 1.807) is 31.2 Å². The van der Waals surface area contributed by atoms with E-state index in [2.05, 4.69) is 4.98 Å². The number of benzene rings is 2. The van der Waals surface area contributed by atoms with Crippen LogP contribution in [0.1, 0.15) is 11.1 Å². The molecule has 3 aromatic rings. The number of hydrogen-bond donors (Lipinski definition) is 1. The molecule has 2 N–H and O–H groups in total. The summed E-state index contributed by atoms with van der Waals surface area (Å²) >= 11 is 5.91. The first-order chi connectivity index (χ1) is 11.9. The Morgan fingerprint density at radius 2 is 1.68 bits per heavy atom. The molecule has 0 amide bonds. The van der Waals surface area contributed by atoms with Crippen LogP contribution in [0.3, 0.4) is 0 Å². The second-order valence-electron chi connectivity index (χ2n) is 5.47. The Bertz CT molecular complexity index is 1010. The van der Waals surface area contributed by atoms with Gasteiger partial charge in [0, 0.05) is 16.1 Å². The summed E-state index contributed by atoms with van der Waals surface area (Å²) in [6, 6.07) is 12.4. The fraction of sp³-hybridized carbons (Fsp3) is 0.0526. The predicted molar refractivity (Wildman–Crippen MR) is 93.9 cm³/mol. The van der Waals surface area contributed by atoms with Crippen LogP contribution < -0.4 is 5.73 Å². The smallest absolute Gasteiger partial charge is 0.159 e. The Balaban J connectivity index is 2.31. The van der Waals surface area contributed by atoms with Crippen LogP contribution >= 0.6 is 11.6 Å². The van der Waals surface area contributed by atoms with Gasteiger partial charge in [0.1, 0.15) is 17.5 Å². The Morgan fingerprint density at radius 1 is 1.04 bits per heavy atom. The maximum Gasteiger partial charge on any atom is 0.159 e. The molecular weight excluding hydrogens is 344 g/mol. The molecule has 0 saturated heterocycles. The van der Waals surface area contributed by atoms with Gasteiger partial charge in [0.25, 0.3) is 0 Å². The normalized spacial score (nSPS) is 10.5. The number of halogens is 3. The van der Waals surface area contributed by atoms with Crippen molar-refractivity contribution in [3.8, 4) is 28.5 Å². The molecule has 0 aliphatic heterocycles. The van der Waals surface area contributed by atoms with E-state index in [9.17, 15) is 14.0 Å². The minimum absolute atomic E-state index is 0.0257. The number of hydrogen-bond acceptors (Lipinski definition) is 3. The van der Waals surface area contributed by atoms with Crippen LogP contribution in [0.4, 0.5) is 14.6 Å². The topological polar surface area (TPSA) is 62.7 Å². The number of pyridine rings is 1. The molecule has 0 bridgehead atoms. The van der Waals surface area contributed by atoms with Gasteiger partial charge in [-0.1, -0.05) is 29.8 Å². The molecule has 0 aliphatic carbocycles. The Labute approximate surface area is 148 Å². The average Bonchev–Trinajstić information content (AvgIpc) is 2.59. The fourth-order valence-electron chi connectivity index (χ4n) is 2.71. The Hall–Kier alpha value is -2.97. The predicted octanol–water partition coefficient (Wildman–Crippen LogP) is 5.11. The molecule has 0 fully saturated rings. The van der Waals surface area contributed by atoms with E-state index in [0.717, 1.165) is 17.7 Å². The number of nitrogens with zero attached hydrogens (tertiary/aromatic N) is 2. The molecular formula is C19H12ClF2N3. The highest BCUT2D eigenvalue weighted by atomic mass is 35.5. The van der Waals surface area contributed by atoms with Gasteiger partial charge in [-0.3, -0.25) is 0 Å². The summed E-state index contributed by atoms with van der Waals surface area (Å²) in [6.07, 6.45) is 0. The largest absolute Gasteiger partial charge is 0.383 e. The second-order valence-corrected chi connectivity index (χ2v) is 5.90. The average molecular weight is 356 g/mol. The summed E-state index contributed by atoms with van der Waals surface area (Å²) in [7, 11) is 0. The maximum atomic E-state index is 13.7. The lowest BCUT2D eigenvalue weighted by Gasteiger charge is -2.15. The highest BCUT2D eigenvalue weighted by Crippen LogP contribution is 2.36. The Morgan fingerprint density at radius 3 is 2.28 bits per heavy atom. The van der Waals surface area contributed by atoms with E-state index in [0.29, 0.717) is 27.4 Å². The van der Waals surface area contributed by atoms with Gasteiger partial charge < -0.3 is 5.73 Å². The SMILES string of the molecule is Cc1c(-c2ccc(Cl)cc2)nc(N)c(C#N)c1-c1ccc(F)c(F)c1. The molecule has 3 nitrogen and oxygen atoms in total. The fourth-order valence-corrected chi connectivity index (χ4v) is 2.83. The third kappa shape index (κ3) is 3.04. The second kappa shape index (κ2) is 6.50. The van der Waals surface area contributed by atoms with Crippen molar-refractivity contribution < 1.29 is 8.78 Å². The van der Waals surface area contributed by atoms with Crippen molar-refractivity contribution in [1.82, 2.24) is 4.98 Å². The lowest BCUT2D eigenvalue weighted by Crippen LogP contribution is -2.03. The highest BCUT2D eigenvalue weighted by molar-refractivity contribution is 6.30. The summed E-state index contributed by atoms with van der Waals surface area (Å²) in [6.45, 7) is 1.76. The van der Waals surface area contributed by atoms with Crippen molar-refractivity contribution in [2.24, 2.45) is 0 Å². The van der Waals surface area contributed by atoms with Crippen molar-refractivity contribution in [3.05, 3.63) is 70.2 Å². The molecule has 1 aromatic heterocycles. The molecule has 1 heterocycles.